The fourth-order valence-electron chi connectivity index (χ4n) is 3.74. The maximum absolute atomic E-state index is 11.9. The fraction of sp³-hybridized carbons (Fsp3) is 0.588. The van der Waals surface area contributed by atoms with Gasteiger partial charge in [0.1, 0.15) is 5.78 Å². The van der Waals surface area contributed by atoms with E-state index < -0.39 is 0 Å². The first-order chi connectivity index (χ1) is 9.18. The highest BCUT2D eigenvalue weighted by Gasteiger charge is 2.36. The lowest BCUT2D eigenvalue weighted by atomic mass is 9.82. The minimum atomic E-state index is 0.183. The molecule has 3 atom stereocenters. The van der Waals surface area contributed by atoms with Crippen molar-refractivity contribution >= 4 is 5.78 Å². The molecule has 0 amide bonds. The largest absolute Gasteiger partial charge is 0.299 e. The molecule has 1 aliphatic heterocycles. The van der Waals surface area contributed by atoms with E-state index in [2.05, 4.69) is 43.0 Å². The van der Waals surface area contributed by atoms with Gasteiger partial charge < -0.3 is 0 Å². The van der Waals surface area contributed by atoms with Gasteiger partial charge in [0.15, 0.2) is 0 Å². The average Bonchev–Trinajstić information content (AvgIpc) is 2.45. The average molecular weight is 257 g/mol. The van der Waals surface area contributed by atoms with Crippen molar-refractivity contribution < 1.29 is 4.79 Å². The lowest BCUT2D eigenvalue weighted by molar-refractivity contribution is -0.129. The maximum atomic E-state index is 11.9. The molecular weight excluding hydrogens is 234 g/mol. The summed E-state index contributed by atoms with van der Waals surface area (Å²) in [7, 11) is 0. The van der Waals surface area contributed by atoms with Crippen molar-refractivity contribution in [3.8, 4) is 0 Å². The van der Waals surface area contributed by atoms with Crippen molar-refractivity contribution in [2.24, 2.45) is 5.92 Å². The number of aryl methyl sites for hydroxylation is 1. The summed E-state index contributed by atoms with van der Waals surface area (Å²) < 4.78 is 0. The Morgan fingerprint density at radius 3 is 2.79 bits per heavy atom. The van der Waals surface area contributed by atoms with E-state index in [4.69, 9.17) is 0 Å². The molecule has 1 fully saturated rings. The van der Waals surface area contributed by atoms with Gasteiger partial charge in [-0.1, -0.05) is 31.2 Å². The van der Waals surface area contributed by atoms with Crippen LogP contribution in [-0.4, -0.2) is 23.3 Å². The van der Waals surface area contributed by atoms with Gasteiger partial charge in [0.2, 0.25) is 0 Å². The van der Waals surface area contributed by atoms with Crippen LogP contribution >= 0.6 is 0 Å². The van der Waals surface area contributed by atoms with Crippen LogP contribution in [0.5, 0.6) is 0 Å². The first-order valence-corrected chi connectivity index (χ1v) is 7.54. The Morgan fingerprint density at radius 1 is 1.16 bits per heavy atom. The number of nitrogens with zero attached hydrogens (tertiary/aromatic N) is 1. The van der Waals surface area contributed by atoms with E-state index in [0.717, 1.165) is 13.0 Å². The summed E-state index contributed by atoms with van der Waals surface area (Å²) in [5.41, 5.74) is 3.01. The van der Waals surface area contributed by atoms with Crippen molar-refractivity contribution in [1.82, 2.24) is 4.90 Å². The highest BCUT2D eigenvalue weighted by molar-refractivity contribution is 5.82. The summed E-state index contributed by atoms with van der Waals surface area (Å²) in [6.45, 7) is 5.25. The summed E-state index contributed by atoms with van der Waals surface area (Å²) in [5, 5.41) is 0. The van der Waals surface area contributed by atoms with Crippen molar-refractivity contribution in [2.45, 2.75) is 51.6 Å². The van der Waals surface area contributed by atoms with Crippen LogP contribution in [0.15, 0.2) is 24.3 Å². The molecule has 19 heavy (non-hydrogen) atoms. The van der Waals surface area contributed by atoms with E-state index in [0.29, 0.717) is 17.9 Å². The zero-order chi connectivity index (χ0) is 13.4. The van der Waals surface area contributed by atoms with Gasteiger partial charge in [0.05, 0.1) is 0 Å². The van der Waals surface area contributed by atoms with E-state index >= 15 is 0 Å². The topological polar surface area (TPSA) is 20.3 Å². The van der Waals surface area contributed by atoms with Crippen LogP contribution in [0.25, 0.3) is 0 Å². The fourth-order valence-corrected chi connectivity index (χ4v) is 3.74. The van der Waals surface area contributed by atoms with E-state index in [1.54, 1.807) is 0 Å². The predicted octanol–water partition coefficient (Wildman–Crippen LogP) is 3.36. The van der Waals surface area contributed by atoms with Crippen molar-refractivity contribution in [3.63, 3.8) is 0 Å². The Kier molecular flexibility index (Phi) is 3.44. The number of carbonyl (C=O) groups is 1. The number of benzene rings is 1. The molecule has 3 rings (SSSR count). The summed E-state index contributed by atoms with van der Waals surface area (Å²) in [4.78, 5) is 14.4. The van der Waals surface area contributed by atoms with Gasteiger partial charge >= 0.3 is 0 Å². The highest BCUT2D eigenvalue weighted by atomic mass is 16.1. The van der Waals surface area contributed by atoms with Crippen LogP contribution in [0.4, 0.5) is 0 Å². The number of rotatable bonds is 1. The molecule has 1 aromatic carbocycles. The number of ketones is 1. The van der Waals surface area contributed by atoms with Gasteiger partial charge in [-0.15, -0.1) is 0 Å². The Labute approximate surface area is 115 Å². The molecule has 0 aromatic heterocycles. The zero-order valence-corrected chi connectivity index (χ0v) is 11.9. The SMILES string of the molecule is CC1C(=O)CCN(C2CCCc3ccccc32)C1C. The number of likely N-dealkylation sites (tertiary alicyclic amines) is 1. The smallest absolute Gasteiger partial charge is 0.138 e. The third kappa shape index (κ3) is 2.23. The van der Waals surface area contributed by atoms with Crippen LogP contribution in [0.3, 0.4) is 0 Å². The van der Waals surface area contributed by atoms with Crippen LogP contribution in [0.1, 0.15) is 50.3 Å². The van der Waals surface area contributed by atoms with Crippen molar-refractivity contribution in [2.75, 3.05) is 6.54 Å². The Hall–Kier alpha value is -1.15. The Balaban J connectivity index is 1.89. The van der Waals surface area contributed by atoms with E-state index in [9.17, 15) is 4.79 Å². The number of Topliss-reactive ketones (excluding diaryl/α,β-unsaturated/α-hetero) is 1. The molecule has 1 aliphatic carbocycles. The molecule has 2 nitrogen and oxygen atoms in total. The van der Waals surface area contributed by atoms with Crippen LogP contribution < -0.4 is 0 Å². The monoisotopic (exact) mass is 257 g/mol. The molecule has 0 bridgehead atoms. The minimum absolute atomic E-state index is 0.183. The standard InChI is InChI=1S/C17H23NO/c1-12-13(2)18(11-10-17(12)19)16-9-5-7-14-6-3-4-8-15(14)16/h3-4,6,8,12-13,16H,5,7,9-11H2,1-2H3. The zero-order valence-electron chi connectivity index (χ0n) is 11.9. The van der Waals surface area contributed by atoms with Gasteiger partial charge in [-0.2, -0.15) is 0 Å². The summed E-state index contributed by atoms with van der Waals surface area (Å²) in [6, 6.07) is 9.75. The second-order valence-corrected chi connectivity index (χ2v) is 6.09. The molecule has 2 heteroatoms. The number of piperidine rings is 1. The molecule has 1 aromatic rings. The van der Waals surface area contributed by atoms with Crippen molar-refractivity contribution in [3.05, 3.63) is 35.4 Å². The molecule has 0 saturated carbocycles. The molecular formula is C17H23NO. The van der Waals surface area contributed by atoms with Gasteiger partial charge in [-0.05, 0) is 37.3 Å². The third-order valence-corrected chi connectivity index (χ3v) is 5.11. The van der Waals surface area contributed by atoms with Crippen LogP contribution in [0, 0.1) is 5.92 Å². The number of hydrogen-bond donors (Lipinski definition) is 0. The Bertz CT molecular complexity index is 482. The van der Waals surface area contributed by atoms with Gasteiger partial charge in [0, 0.05) is 31.0 Å². The normalized spacial score (nSPS) is 32.1. The summed E-state index contributed by atoms with van der Waals surface area (Å²) in [5.74, 6) is 0.621. The van der Waals surface area contributed by atoms with Gasteiger partial charge in [0.25, 0.3) is 0 Å². The second kappa shape index (κ2) is 5.09. The number of hydrogen-bond acceptors (Lipinski definition) is 2. The van der Waals surface area contributed by atoms with E-state index in [1.165, 1.54) is 30.4 Å². The van der Waals surface area contributed by atoms with Crippen molar-refractivity contribution in [1.29, 1.82) is 0 Å². The molecule has 0 radical (unpaired) electrons. The quantitative estimate of drug-likeness (QED) is 0.769. The summed E-state index contributed by atoms with van der Waals surface area (Å²) in [6.07, 6.45) is 4.45. The van der Waals surface area contributed by atoms with Gasteiger partial charge in [-0.3, -0.25) is 9.69 Å². The number of fused-ring (bicyclic) bond motifs is 1. The molecule has 3 unspecified atom stereocenters. The highest BCUT2D eigenvalue weighted by Crippen LogP contribution is 2.38. The second-order valence-electron chi connectivity index (χ2n) is 6.09. The molecule has 102 valence electrons. The third-order valence-electron chi connectivity index (χ3n) is 5.11. The lowest BCUT2D eigenvalue weighted by Gasteiger charge is -2.44. The molecule has 1 saturated heterocycles. The van der Waals surface area contributed by atoms with E-state index in [1.807, 2.05) is 0 Å². The minimum Gasteiger partial charge on any atom is -0.299 e. The molecule has 0 spiro atoms. The molecule has 0 N–H and O–H groups in total. The first kappa shape index (κ1) is 12.9. The summed E-state index contributed by atoms with van der Waals surface area (Å²) >= 11 is 0. The van der Waals surface area contributed by atoms with Crippen LogP contribution in [-0.2, 0) is 11.2 Å². The van der Waals surface area contributed by atoms with E-state index in [-0.39, 0.29) is 5.92 Å². The predicted molar refractivity (Wildman–Crippen MR) is 77.1 cm³/mol. The Morgan fingerprint density at radius 2 is 1.95 bits per heavy atom. The maximum Gasteiger partial charge on any atom is 0.138 e. The lowest BCUT2D eigenvalue weighted by Crippen LogP contribution is -2.48. The first-order valence-electron chi connectivity index (χ1n) is 7.54. The number of carbonyl (C=O) groups excluding carboxylic acids is 1. The molecule has 1 heterocycles. The van der Waals surface area contributed by atoms with Crippen LogP contribution in [0.2, 0.25) is 0 Å². The van der Waals surface area contributed by atoms with Gasteiger partial charge in [-0.25, -0.2) is 0 Å². The molecule has 2 aliphatic rings.